The van der Waals surface area contributed by atoms with E-state index < -0.39 is 112 Å². The van der Waals surface area contributed by atoms with Gasteiger partial charge in [0.25, 0.3) is 5.91 Å². The molecule has 7 rings (SSSR count). The van der Waals surface area contributed by atoms with Gasteiger partial charge in [0.1, 0.15) is 23.9 Å². The lowest BCUT2D eigenvalue weighted by Crippen LogP contribution is -2.81. The highest BCUT2D eigenvalue weighted by atomic mass is 16.6. The Kier molecular flexibility index (Phi) is 13.0. The standard InChI is InChI=1S/C51H59NO13/c1-10-35-26-37-50(28-61-37,65-31(4)54)42-44(64-46(57)34-24-18-13-19-25-34)51(59)27-36(29(2)38(48(51,5)6)40(62-30(3)53)43(55)49(35,42)7)63-47(58)41(60-9)39(32-20-14-11-15-21-32)52(8)45(56)33-22-16-12-17-23-33/h11-25,35-37,39-42,44,59H,10,26-28H2,1-9H3/t35-,36-,37+,39-,40+,41+,42-,44-,49+,50-,51+/m0/s1. The molecule has 1 N–H and O–H groups in total. The zero-order valence-corrected chi connectivity index (χ0v) is 38.4. The predicted molar refractivity (Wildman–Crippen MR) is 235 cm³/mol. The summed E-state index contributed by atoms with van der Waals surface area (Å²) >= 11 is 0. The predicted octanol–water partition coefficient (Wildman–Crippen LogP) is 6.40. The summed E-state index contributed by atoms with van der Waals surface area (Å²) in [6.45, 7) is 10.8. The number of ether oxygens (including phenoxy) is 6. The number of hydrogen-bond acceptors (Lipinski definition) is 13. The summed E-state index contributed by atoms with van der Waals surface area (Å²) in [5.74, 6) is -5.93. The largest absolute Gasteiger partial charge is 0.456 e. The van der Waals surface area contributed by atoms with E-state index in [9.17, 15) is 29.1 Å². The van der Waals surface area contributed by atoms with Crippen molar-refractivity contribution in [3.05, 3.63) is 119 Å². The maximum absolute atomic E-state index is 15.9. The number of esters is 4. The third kappa shape index (κ3) is 7.86. The van der Waals surface area contributed by atoms with Gasteiger partial charge >= 0.3 is 23.9 Å². The number of ketones is 1. The average molecular weight is 894 g/mol. The van der Waals surface area contributed by atoms with Crippen LogP contribution in [0.1, 0.15) is 100 Å². The first-order valence-corrected chi connectivity index (χ1v) is 22.1. The number of Topliss-reactive ketones (excluding diaryl/α,β-unsaturated/α-hetero) is 1. The van der Waals surface area contributed by atoms with E-state index >= 15 is 4.79 Å². The molecule has 3 aromatic rings. The smallest absolute Gasteiger partial charge is 0.338 e. The number of methoxy groups -OCH3 is 1. The maximum Gasteiger partial charge on any atom is 0.338 e. The van der Waals surface area contributed by atoms with Crippen molar-refractivity contribution in [1.29, 1.82) is 0 Å². The van der Waals surface area contributed by atoms with E-state index in [-0.39, 0.29) is 24.2 Å². The highest BCUT2D eigenvalue weighted by Crippen LogP contribution is 2.66. The van der Waals surface area contributed by atoms with Gasteiger partial charge in [-0.25, -0.2) is 9.59 Å². The van der Waals surface area contributed by atoms with Crippen LogP contribution < -0.4 is 0 Å². The van der Waals surface area contributed by atoms with Gasteiger partial charge in [-0.2, -0.15) is 0 Å². The fourth-order valence-corrected chi connectivity index (χ4v) is 11.5. The van der Waals surface area contributed by atoms with E-state index in [0.717, 1.165) is 0 Å². The van der Waals surface area contributed by atoms with Gasteiger partial charge in [0.2, 0.25) is 0 Å². The molecule has 346 valence electrons. The lowest BCUT2D eigenvalue weighted by atomic mass is 9.43. The quantitative estimate of drug-likeness (QED) is 0.120. The minimum Gasteiger partial charge on any atom is -0.456 e. The Labute approximate surface area is 379 Å². The second-order valence-corrected chi connectivity index (χ2v) is 18.6. The molecule has 11 atom stereocenters. The number of nitrogens with zero attached hydrogens (tertiary/aromatic N) is 1. The third-order valence-electron chi connectivity index (χ3n) is 14.8. The molecule has 14 nitrogen and oxygen atoms in total. The van der Waals surface area contributed by atoms with Crippen molar-refractivity contribution in [2.24, 2.45) is 22.7 Å². The molecular weight excluding hydrogens is 835 g/mol. The van der Waals surface area contributed by atoms with E-state index in [1.807, 2.05) is 6.92 Å². The molecule has 1 saturated heterocycles. The highest BCUT2D eigenvalue weighted by molar-refractivity contribution is 5.96. The summed E-state index contributed by atoms with van der Waals surface area (Å²) in [5.41, 5.74) is -5.39. The topological polar surface area (TPSA) is 181 Å². The summed E-state index contributed by atoms with van der Waals surface area (Å²) in [5, 5.41) is 14.0. The Morgan fingerprint density at radius 3 is 1.95 bits per heavy atom. The van der Waals surface area contributed by atoms with Crippen molar-refractivity contribution in [1.82, 2.24) is 4.90 Å². The summed E-state index contributed by atoms with van der Waals surface area (Å²) in [4.78, 5) is 87.1. The number of rotatable bonds is 12. The molecular formula is C51H59NO13. The number of carbonyl (C=O) groups excluding carboxylic acids is 6. The summed E-state index contributed by atoms with van der Waals surface area (Å²) in [6.07, 6.45) is -6.50. The molecule has 1 aliphatic heterocycles. The number of aliphatic hydroxyl groups is 1. The number of amides is 1. The minimum absolute atomic E-state index is 0.155. The number of likely N-dealkylation sites (N-methyl/N-ethyl adjacent to an activating group) is 1. The number of benzene rings is 3. The normalized spacial score (nSPS) is 31.0. The first-order valence-electron chi connectivity index (χ1n) is 22.1. The maximum atomic E-state index is 15.9. The molecule has 1 amide bonds. The molecule has 2 saturated carbocycles. The molecule has 0 aromatic heterocycles. The van der Waals surface area contributed by atoms with Crippen LogP contribution in [0.15, 0.2) is 102 Å². The fraction of sp³-hybridized carbons (Fsp3) is 0.490. The Bertz CT molecular complexity index is 2350. The summed E-state index contributed by atoms with van der Waals surface area (Å²) in [6, 6.07) is 24.6. The van der Waals surface area contributed by atoms with Crippen molar-refractivity contribution in [2.45, 2.75) is 115 Å². The SMILES string of the molecule is CC[C@H]1C[C@H]2OC[C@@]2(OC(C)=O)[C@H]2[C@H](OC(=O)c3ccccc3)[C@]3(O)C[C@H](OC(=O)[C@H](OC)[C@H](c4ccccc4)N(C)C(=O)c4ccccc4)C(C)=C([C@@H](OC(C)=O)C(=O)[C@]12C)C3(C)C. The van der Waals surface area contributed by atoms with E-state index in [1.165, 1.54) is 25.9 Å². The summed E-state index contributed by atoms with van der Waals surface area (Å²) < 4.78 is 37.4. The molecule has 0 radical (unpaired) electrons. The van der Waals surface area contributed by atoms with E-state index in [4.69, 9.17) is 28.4 Å². The molecule has 3 aliphatic carbocycles. The molecule has 14 heteroatoms. The minimum atomic E-state index is -2.24. The van der Waals surface area contributed by atoms with Crippen LogP contribution >= 0.6 is 0 Å². The van der Waals surface area contributed by atoms with Gasteiger partial charge in [0.15, 0.2) is 23.6 Å². The molecule has 0 unspecified atom stereocenters. The van der Waals surface area contributed by atoms with Crippen molar-refractivity contribution in [2.75, 3.05) is 20.8 Å². The zero-order chi connectivity index (χ0) is 47.2. The molecule has 0 spiro atoms. The fourth-order valence-electron chi connectivity index (χ4n) is 11.5. The Morgan fingerprint density at radius 1 is 0.846 bits per heavy atom. The number of fused-ring (bicyclic) bond motifs is 5. The van der Waals surface area contributed by atoms with Gasteiger partial charge in [0.05, 0.1) is 24.1 Å². The number of carbonyl (C=O) groups is 6. The van der Waals surface area contributed by atoms with Crippen molar-refractivity contribution in [3.63, 3.8) is 0 Å². The molecule has 2 bridgehead atoms. The first-order chi connectivity index (χ1) is 30.8. The van der Waals surface area contributed by atoms with Crippen LogP contribution in [0.5, 0.6) is 0 Å². The van der Waals surface area contributed by atoms with Gasteiger partial charge < -0.3 is 38.4 Å². The summed E-state index contributed by atoms with van der Waals surface area (Å²) in [7, 11) is 2.88. The van der Waals surface area contributed by atoms with Crippen molar-refractivity contribution < 1.29 is 62.3 Å². The van der Waals surface area contributed by atoms with Crippen LogP contribution in [0.25, 0.3) is 0 Å². The van der Waals surface area contributed by atoms with Crippen LogP contribution in [0.2, 0.25) is 0 Å². The van der Waals surface area contributed by atoms with Crippen molar-refractivity contribution >= 4 is 35.6 Å². The Morgan fingerprint density at radius 2 is 1.43 bits per heavy atom. The molecule has 65 heavy (non-hydrogen) atoms. The molecule has 3 fully saturated rings. The van der Waals surface area contributed by atoms with Crippen LogP contribution in [0.3, 0.4) is 0 Å². The van der Waals surface area contributed by atoms with E-state index in [2.05, 4.69) is 0 Å². The second kappa shape index (κ2) is 17.9. The van der Waals surface area contributed by atoms with Crippen LogP contribution in [0, 0.1) is 22.7 Å². The van der Waals surface area contributed by atoms with E-state index in [1.54, 1.807) is 126 Å². The first kappa shape index (κ1) is 47.3. The lowest BCUT2D eigenvalue weighted by molar-refractivity contribution is -0.341. The van der Waals surface area contributed by atoms with Gasteiger partial charge in [-0.05, 0) is 60.2 Å². The third-order valence-corrected chi connectivity index (χ3v) is 14.8. The Hall–Kier alpha value is -5.70. The van der Waals surface area contributed by atoms with Gasteiger partial charge in [-0.1, -0.05) is 101 Å². The lowest BCUT2D eigenvalue weighted by Gasteiger charge is -2.68. The van der Waals surface area contributed by atoms with Gasteiger partial charge in [-0.3, -0.25) is 19.2 Å². The van der Waals surface area contributed by atoms with Gasteiger partial charge in [0, 0.05) is 50.8 Å². The van der Waals surface area contributed by atoms with Crippen LogP contribution in [-0.4, -0.2) is 108 Å². The number of hydrogen-bond donors (Lipinski definition) is 1. The van der Waals surface area contributed by atoms with Crippen LogP contribution in [-0.2, 0) is 47.6 Å². The van der Waals surface area contributed by atoms with Gasteiger partial charge in [-0.15, -0.1) is 0 Å². The molecule has 4 aliphatic rings. The molecule has 3 aromatic carbocycles. The Balaban J connectivity index is 1.42. The highest BCUT2D eigenvalue weighted by Gasteiger charge is 2.78. The monoisotopic (exact) mass is 893 g/mol. The molecule has 1 heterocycles. The zero-order valence-electron chi connectivity index (χ0n) is 38.4. The van der Waals surface area contributed by atoms with Crippen molar-refractivity contribution in [3.8, 4) is 0 Å². The average Bonchev–Trinajstić information content (AvgIpc) is 3.27. The van der Waals surface area contributed by atoms with E-state index in [0.29, 0.717) is 23.1 Å². The van der Waals surface area contributed by atoms with Crippen LogP contribution in [0.4, 0.5) is 0 Å². The second-order valence-electron chi connectivity index (χ2n) is 18.6.